The normalized spacial score (nSPS) is 10.3. The average molecular weight is 293 g/mol. The number of carbonyl (C=O) groups is 1. The van der Waals surface area contributed by atoms with Crippen molar-refractivity contribution in [3.8, 4) is 0 Å². The van der Waals surface area contributed by atoms with Crippen LogP contribution in [-0.2, 0) is 6.54 Å². The summed E-state index contributed by atoms with van der Waals surface area (Å²) in [6.45, 7) is 0.356. The Bertz CT molecular complexity index is 646. The molecule has 0 spiro atoms. The van der Waals surface area contributed by atoms with Gasteiger partial charge in [0.1, 0.15) is 5.82 Å². The van der Waals surface area contributed by atoms with Gasteiger partial charge < -0.3 is 10.6 Å². The van der Waals surface area contributed by atoms with Crippen molar-refractivity contribution >= 4 is 23.2 Å². The third kappa shape index (κ3) is 3.08. The number of amides is 1. The Morgan fingerprint density at radius 1 is 1.30 bits per heavy atom. The highest BCUT2D eigenvalue weighted by atomic mass is 35.5. The van der Waals surface area contributed by atoms with Crippen LogP contribution >= 0.6 is 11.6 Å². The van der Waals surface area contributed by atoms with Crippen molar-refractivity contribution in [2.45, 2.75) is 6.54 Å². The van der Waals surface area contributed by atoms with Crippen LogP contribution in [0.25, 0.3) is 0 Å². The van der Waals surface area contributed by atoms with Crippen LogP contribution in [0.1, 0.15) is 15.9 Å². The molecule has 0 aromatic heterocycles. The Balaban J connectivity index is 2.19. The van der Waals surface area contributed by atoms with Crippen molar-refractivity contribution in [3.63, 3.8) is 0 Å². The molecule has 0 saturated carbocycles. The molecule has 20 heavy (non-hydrogen) atoms. The van der Waals surface area contributed by atoms with Crippen LogP contribution in [0.2, 0.25) is 5.02 Å². The molecule has 0 fully saturated rings. The average Bonchev–Trinajstić information content (AvgIpc) is 2.40. The second-order valence-corrected chi connectivity index (χ2v) is 4.89. The molecule has 0 saturated heterocycles. The van der Waals surface area contributed by atoms with Crippen LogP contribution in [0.4, 0.5) is 10.1 Å². The van der Waals surface area contributed by atoms with Crippen LogP contribution in [0.5, 0.6) is 0 Å². The van der Waals surface area contributed by atoms with Crippen LogP contribution in [0, 0.1) is 5.82 Å². The summed E-state index contributed by atoms with van der Waals surface area (Å²) in [6, 6.07) is 11.0. The third-order valence-electron chi connectivity index (χ3n) is 2.96. The number of benzene rings is 2. The van der Waals surface area contributed by atoms with Gasteiger partial charge in [0.25, 0.3) is 5.91 Å². The Kier molecular flexibility index (Phi) is 4.25. The van der Waals surface area contributed by atoms with Gasteiger partial charge in [0, 0.05) is 24.3 Å². The molecule has 2 N–H and O–H groups in total. The molecule has 0 aliphatic carbocycles. The standard InChI is InChI=1S/C15H14ClFN2O/c1-19(9-10-4-2-3-5-13(10)16)15(20)12-7-6-11(17)8-14(12)18/h2-8H,9,18H2,1H3. The summed E-state index contributed by atoms with van der Waals surface area (Å²) in [5.41, 5.74) is 6.91. The van der Waals surface area contributed by atoms with Gasteiger partial charge in [-0.2, -0.15) is 0 Å². The fraction of sp³-hybridized carbons (Fsp3) is 0.133. The lowest BCUT2D eigenvalue weighted by atomic mass is 10.1. The lowest BCUT2D eigenvalue weighted by molar-refractivity contribution is 0.0786. The minimum absolute atomic E-state index is 0.126. The van der Waals surface area contributed by atoms with Crippen molar-refractivity contribution < 1.29 is 9.18 Å². The lowest BCUT2D eigenvalue weighted by Gasteiger charge is -2.19. The molecule has 0 heterocycles. The highest BCUT2D eigenvalue weighted by molar-refractivity contribution is 6.31. The smallest absolute Gasteiger partial charge is 0.255 e. The molecule has 3 nitrogen and oxygen atoms in total. The Labute approximate surface area is 121 Å². The maximum Gasteiger partial charge on any atom is 0.255 e. The molecule has 0 radical (unpaired) electrons. The topological polar surface area (TPSA) is 46.3 Å². The summed E-state index contributed by atoms with van der Waals surface area (Å²) >= 11 is 6.06. The molecule has 0 aliphatic heterocycles. The van der Waals surface area contributed by atoms with Gasteiger partial charge in [-0.15, -0.1) is 0 Å². The number of anilines is 1. The molecule has 0 aliphatic rings. The van der Waals surface area contributed by atoms with Gasteiger partial charge in [-0.1, -0.05) is 29.8 Å². The van der Waals surface area contributed by atoms with Crippen LogP contribution in [-0.4, -0.2) is 17.9 Å². The molecule has 0 atom stereocenters. The number of nitrogens with zero attached hydrogens (tertiary/aromatic N) is 1. The first-order valence-electron chi connectivity index (χ1n) is 6.03. The van der Waals surface area contributed by atoms with E-state index in [-0.39, 0.29) is 17.2 Å². The van der Waals surface area contributed by atoms with Gasteiger partial charge >= 0.3 is 0 Å². The molecule has 5 heteroatoms. The summed E-state index contributed by atoms with van der Waals surface area (Å²) in [5, 5.41) is 0.597. The van der Waals surface area contributed by atoms with E-state index in [2.05, 4.69) is 0 Å². The Morgan fingerprint density at radius 3 is 2.65 bits per heavy atom. The first kappa shape index (κ1) is 14.3. The van der Waals surface area contributed by atoms with Gasteiger partial charge in [-0.05, 0) is 29.8 Å². The molecular formula is C15H14ClFN2O. The van der Waals surface area contributed by atoms with Crippen molar-refractivity contribution in [1.29, 1.82) is 0 Å². The van der Waals surface area contributed by atoms with E-state index in [1.54, 1.807) is 13.1 Å². The quantitative estimate of drug-likeness (QED) is 0.882. The number of hydrogen-bond acceptors (Lipinski definition) is 2. The Hall–Kier alpha value is -2.07. The lowest BCUT2D eigenvalue weighted by Crippen LogP contribution is -2.27. The minimum Gasteiger partial charge on any atom is -0.398 e. The molecule has 104 valence electrons. The third-order valence-corrected chi connectivity index (χ3v) is 3.32. The maximum atomic E-state index is 13.0. The predicted molar refractivity (Wildman–Crippen MR) is 78.1 cm³/mol. The van der Waals surface area contributed by atoms with Gasteiger partial charge in [0.05, 0.1) is 5.56 Å². The first-order chi connectivity index (χ1) is 9.49. The maximum absolute atomic E-state index is 13.0. The van der Waals surface area contributed by atoms with Crippen LogP contribution in [0.15, 0.2) is 42.5 Å². The van der Waals surface area contributed by atoms with E-state index in [1.807, 2.05) is 18.2 Å². The van der Waals surface area contributed by atoms with E-state index >= 15 is 0 Å². The molecular weight excluding hydrogens is 279 g/mol. The largest absolute Gasteiger partial charge is 0.398 e. The SMILES string of the molecule is CN(Cc1ccccc1Cl)C(=O)c1ccc(F)cc1N. The van der Waals surface area contributed by atoms with E-state index in [9.17, 15) is 9.18 Å². The second-order valence-electron chi connectivity index (χ2n) is 4.48. The van der Waals surface area contributed by atoms with E-state index in [4.69, 9.17) is 17.3 Å². The van der Waals surface area contributed by atoms with Crippen molar-refractivity contribution in [3.05, 3.63) is 64.4 Å². The summed E-state index contributed by atoms with van der Waals surface area (Å²) < 4.78 is 13.0. The first-order valence-corrected chi connectivity index (χ1v) is 6.40. The van der Waals surface area contributed by atoms with Crippen molar-refractivity contribution in [2.75, 3.05) is 12.8 Å². The summed E-state index contributed by atoms with van der Waals surface area (Å²) in [5.74, 6) is -0.741. The number of halogens is 2. The molecule has 0 bridgehead atoms. The van der Waals surface area contributed by atoms with Gasteiger partial charge in [-0.3, -0.25) is 4.79 Å². The number of carbonyl (C=O) groups excluding carboxylic acids is 1. The van der Waals surface area contributed by atoms with Gasteiger partial charge in [0.2, 0.25) is 0 Å². The zero-order valence-corrected chi connectivity index (χ0v) is 11.7. The van der Waals surface area contributed by atoms with Crippen LogP contribution in [0.3, 0.4) is 0 Å². The zero-order valence-electron chi connectivity index (χ0n) is 10.9. The number of hydrogen-bond donors (Lipinski definition) is 1. The monoisotopic (exact) mass is 292 g/mol. The summed E-state index contributed by atoms with van der Waals surface area (Å²) in [7, 11) is 1.65. The fourth-order valence-corrected chi connectivity index (χ4v) is 2.08. The molecule has 2 aromatic carbocycles. The molecule has 2 rings (SSSR count). The van der Waals surface area contributed by atoms with E-state index in [1.165, 1.54) is 17.0 Å². The van der Waals surface area contributed by atoms with Crippen LogP contribution < -0.4 is 5.73 Å². The highest BCUT2D eigenvalue weighted by Crippen LogP contribution is 2.19. The zero-order chi connectivity index (χ0) is 14.7. The molecule has 0 unspecified atom stereocenters. The number of nitrogens with two attached hydrogens (primary N) is 1. The summed E-state index contributed by atoms with van der Waals surface area (Å²) in [6.07, 6.45) is 0. The van der Waals surface area contributed by atoms with E-state index < -0.39 is 5.82 Å². The molecule has 2 aromatic rings. The number of rotatable bonds is 3. The van der Waals surface area contributed by atoms with Gasteiger partial charge in [0.15, 0.2) is 0 Å². The van der Waals surface area contributed by atoms with Crippen molar-refractivity contribution in [1.82, 2.24) is 4.90 Å². The Morgan fingerprint density at radius 2 is 2.00 bits per heavy atom. The fourth-order valence-electron chi connectivity index (χ4n) is 1.89. The van der Waals surface area contributed by atoms with E-state index in [0.29, 0.717) is 11.6 Å². The predicted octanol–water partition coefficient (Wildman–Crippen LogP) is 3.33. The number of nitrogen functional groups attached to an aromatic ring is 1. The minimum atomic E-state index is -0.465. The molecule has 1 amide bonds. The van der Waals surface area contributed by atoms with E-state index in [0.717, 1.165) is 11.6 Å². The highest BCUT2D eigenvalue weighted by Gasteiger charge is 2.16. The van der Waals surface area contributed by atoms with Gasteiger partial charge in [-0.25, -0.2) is 4.39 Å². The second kappa shape index (κ2) is 5.92. The summed E-state index contributed by atoms with van der Waals surface area (Å²) in [4.78, 5) is 13.8. The van der Waals surface area contributed by atoms with Crippen molar-refractivity contribution in [2.24, 2.45) is 0 Å².